The van der Waals surface area contributed by atoms with E-state index in [1.165, 1.54) is 11.8 Å². The van der Waals surface area contributed by atoms with Crippen LogP contribution in [0.15, 0.2) is 23.4 Å². The van der Waals surface area contributed by atoms with E-state index in [4.69, 9.17) is 9.47 Å². The van der Waals surface area contributed by atoms with Gasteiger partial charge in [-0.05, 0) is 56.3 Å². The van der Waals surface area contributed by atoms with Gasteiger partial charge in [0, 0.05) is 5.56 Å². The van der Waals surface area contributed by atoms with Gasteiger partial charge in [0.25, 0.3) is 0 Å². The lowest BCUT2D eigenvalue weighted by Gasteiger charge is -2.20. The van der Waals surface area contributed by atoms with Crippen molar-refractivity contribution in [3.8, 4) is 11.5 Å². The predicted molar refractivity (Wildman–Crippen MR) is 92.0 cm³/mol. The Balaban J connectivity index is 2.20. The van der Waals surface area contributed by atoms with Gasteiger partial charge in [0.2, 0.25) is 5.16 Å². The maximum absolute atomic E-state index is 12.7. The monoisotopic (exact) mass is 350 g/mol. The number of thioether (sulfide) groups is 1. The van der Waals surface area contributed by atoms with E-state index in [1.54, 1.807) is 37.1 Å². The molecule has 0 bridgehead atoms. The predicted octanol–water partition coefficient (Wildman–Crippen LogP) is 2.81. The number of benzene rings is 1. The molecule has 0 amide bonds. The van der Waals surface area contributed by atoms with E-state index in [1.807, 2.05) is 27.7 Å². The summed E-state index contributed by atoms with van der Waals surface area (Å²) in [6.45, 7) is 7.86. The van der Waals surface area contributed by atoms with Gasteiger partial charge in [-0.3, -0.25) is 4.79 Å². The van der Waals surface area contributed by atoms with Gasteiger partial charge in [0.05, 0.1) is 25.0 Å². The summed E-state index contributed by atoms with van der Waals surface area (Å²) in [5.41, 5.74) is 0.306. The number of ketones is 1. The van der Waals surface area contributed by atoms with Gasteiger partial charge in [-0.1, -0.05) is 11.8 Å². The first-order chi connectivity index (χ1) is 11.3. The van der Waals surface area contributed by atoms with Crippen LogP contribution in [0.1, 0.15) is 38.1 Å². The van der Waals surface area contributed by atoms with Gasteiger partial charge >= 0.3 is 0 Å². The Morgan fingerprint density at radius 1 is 1.21 bits per heavy atom. The highest BCUT2D eigenvalue weighted by molar-refractivity contribution is 8.00. The Morgan fingerprint density at radius 2 is 1.88 bits per heavy atom. The second kappa shape index (κ2) is 7.21. The molecule has 0 N–H and O–H groups in total. The summed E-state index contributed by atoms with van der Waals surface area (Å²) in [5.74, 6) is 1.09. The van der Waals surface area contributed by atoms with Gasteiger partial charge in [0.1, 0.15) is 0 Å². The lowest BCUT2D eigenvalue weighted by atomic mass is 10.1. The number of tetrazole rings is 1. The minimum atomic E-state index is -0.338. The van der Waals surface area contributed by atoms with Gasteiger partial charge in [0.15, 0.2) is 17.3 Å². The van der Waals surface area contributed by atoms with Crippen molar-refractivity contribution >= 4 is 17.5 Å². The zero-order valence-electron chi connectivity index (χ0n) is 14.7. The average molecular weight is 350 g/mol. The smallest absolute Gasteiger partial charge is 0.210 e. The molecule has 0 aliphatic heterocycles. The summed E-state index contributed by atoms with van der Waals surface area (Å²) in [6, 6.07) is 5.14. The van der Waals surface area contributed by atoms with Crippen molar-refractivity contribution in [3.05, 3.63) is 23.8 Å². The van der Waals surface area contributed by atoms with Crippen LogP contribution in [0.4, 0.5) is 0 Å². The number of rotatable bonds is 6. The second-order valence-corrected chi connectivity index (χ2v) is 7.55. The third-order valence-corrected chi connectivity index (χ3v) is 4.43. The van der Waals surface area contributed by atoms with E-state index in [9.17, 15) is 4.79 Å². The summed E-state index contributed by atoms with van der Waals surface area (Å²) in [5, 5.41) is 12.0. The molecule has 0 aliphatic carbocycles. The van der Waals surface area contributed by atoms with Gasteiger partial charge in [-0.2, -0.15) is 0 Å². The van der Waals surface area contributed by atoms with E-state index in [0.29, 0.717) is 22.2 Å². The van der Waals surface area contributed by atoms with Crippen molar-refractivity contribution in [1.29, 1.82) is 0 Å². The fourth-order valence-electron chi connectivity index (χ4n) is 2.11. The van der Waals surface area contributed by atoms with Crippen LogP contribution in [0.2, 0.25) is 0 Å². The molecular formula is C16H22N4O3S. The van der Waals surface area contributed by atoms with Crippen LogP contribution in [0.5, 0.6) is 11.5 Å². The van der Waals surface area contributed by atoms with Crippen LogP contribution >= 0.6 is 11.8 Å². The Labute approximate surface area is 145 Å². The number of carbonyl (C=O) groups is 1. The molecule has 130 valence electrons. The molecule has 1 aromatic heterocycles. The van der Waals surface area contributed by atoms with Crippen LogP contribution in [-0.2, 0) is 5.54 Å². The molecule has 2 aromatic rings. The molecule has 24 heavy (non-hydrogen) atoms. The number of ether oxygens (including phenoxy) is 2. The number of aromatic nitrogens is 4. The Kier molecular flexibility index (Phi) is 5.48. The minimum Gasteiger partial charge on any atom is -0.493 e. The van der Waals surface area contributed by atoms with Crippen molar-refractivity contribution in [2.45, 2.75) is 43.6 Å². The van der Waals surface area contributed by atoms with E-state index in [-0.39, 0.29) is 16.6 Å². The molecule has 0 aliphatic rings. The van der Waals surface area contributed by atoms with Crippen molar-refractivity contribution in [1.82, 2.24) is 20.2 Å². The van der Waals surface area contributed by atoms with Crippen molar-refractivity contribution in [2.75, 3.05) is 14.2 Å². The zero-order chi connectivity index (χ0) is 17.9. The minimum absolute atomic E-state index is 0.0237. The zero-order valence-corrected chi connectivity index (χ0v) is 15.5. The topological polar surface area (TPSA) is 79.1 Å². The maximum Gasteiger partial charge on any atom is 0.210 e. The lowest BCUT2D eigenvalue weighted by Crippen LogP contribution is -2.25. The first kappa shape index (κ1) is 18.3. The van der Waals surface area contributed by atoms with E-state index in [2.05, 4.69) is 15.5 Å². The van der Waals surface area contributed by atoms with Crippen LogP contribution in [0.3, 0.4) is 0 Å². The van der Waals surface area contributed by atoms with Crippen molar-refractivity contribution in [2.24, 2.45) is 0 Å². The van der Waals surface area contributed by atoms with E-state index >= 15 is 0 Å². The number of hydrogen-bond donors (Lipinski definition) is 0. The molecule has 0 spiro atoms. The molecule has 0 unspecified atom stereocenters. The molecule has 0 fully saturated rings. The molecule has 1 atom stereocenters. The van der Waals surface area contributed by atoms with Gasteiger partial charge in [-0.25, -0.2) is 4.68 Å². The Bertz CT molecular complexity index is 724. The van der Waals surface area contributed by atoms with Crippen LogP contribution in [0.25, 0.3) is 0 Å². The third-order valence-electron chi connectivity index (χ3n) is 3.40. The molecule has 7 nitrogen and oxygen atoms in total. The van der Waals surface area contributed by atoms with Crippen molar-refractivity contribution in [3.63, 3.8) is 0 Å². The highest BCUT2D eigenvalue weighted by Crippen LogP contribution is 2.31. The number of nitrogens with zero attached hydrogens (tertiary/aromatic N) is 4. The first-order valence-corrected chi connectivity index (χ1v) is 8.37. The maximum atomic E-state index is 12.7. The SMILES string of the molecule is COc1ccc(C(=O)[C@H](C)Sc2nnnn2C(C)(C)C)cc1OC. The Morgan fingerprint density at radius 3 is 2.46 bits per heavy atom. The second-order valence-electron chi connectivity index (χ2n) is 6.24. The van der Waals surface area contributed by atoms with Crippen LogP contribution in [0, 0.1) is 0 Å². The summed E-state index contributed by atoms with van der Waals surface area (Å²) < 4.78 is 12.2. The molecule has 2 rings (SSSR count). The highest BCUT2D eigenvalue weighted by atomic mass is 32.2. The van der Waals surface area contributed by atoms with Crippen LogP contribution in [-0.4, -0.2) is 45.5 Å². The Hall–Kier alpha value is -2.09. The molecule has 0 saturated carbocycles. The van der Waals surface area contributed by atoms with Crippen LogP contribution < -0.4 is 9.47 Å². The molecule has 0 radical (unpaired) electrons. The number of hydrogen-bond acceptors (Lipinski definition) is 7. The molecule has 1 heterocycles. The average Bonchev–Trinajstić information content (AvgIpc) is 3.01. The normalized spacial score (nSPS) is 12.8. The van der Waals surface area contributed by atoms with Gasteiger partial charge < -0.3 is 9.47 Å². The number of Topliss-reactive ketones (excluding diaryl/α,β-unsaturated/α-hetero) is 1. The highest BCUT2D eigenvalue weighted by Gasteiger charge is 2.25. The largest absolute Gasteiger partial charge is 0.493 e. The summed E-state index contributed by atoms with van der Waals surface area (Å²) in [6.07, 6.45) is 0. The molecule has 8 heteroatoms. The summed E-state index contributed by atoms with van der Waals surface area (Å²) in [7, 11) is 3.10. The fourth-order valence-corrected chi connectivity index (χ4v) is 3.16. The standard InChI is InChI=1S/C16H22N4O3S/c1-10(24-15-17-18-19-20(15)16(2,3)4)14(21)11-7-8-12(22-5)13(9-11)23-6/h7-10H,1-6H3/t10-/m0/s1. The summed E-state index contributed by atoms with van der Waals surface area (Å²) in [4.78, 5) is 12.7. The van der Waals surface area contributed by atoms with E-state index < -0.39 is 0 Å². The van der Waals surface area contributed by atoms with E-state index in [0.717, 1.165) is 0 Å². The number of methoxy groups -OCH3 is 2. The lowest BCUT2D eigenvalue weighted by molar-refractivity contribution is 0.0993. The number of carbonyl (C=O) groups excluding carboxylic acids is 1. The van der Waals surface area contributed by atoms with Gasteiger partial charge in [-0.15, -0.1) is 5.10 Å². The first-order valence-electron chi connectivity index (χ1n) is 7.49. The fraction of sp³-hybridized carbons (Fsp3) is 0.500. The van der Waals surface area contributed by atoms with Crippen molar-refractivity contribution < 1.29 is 14.3 Å². The quantitative estimate of drug-likeness (QED) is 0.585. The molecular weight excluding hydrogens is 328 g/mol. The third kappa shape index (κ3) is 3.87. The summed E-state index contributed by atoms with van der Waals surface area (Å²) >= 11 is 1.34. The molecule has 1 aromatic carbocycles. The molecule has 0 saturated heterocycles.